The van der Waals surface area contributed by atoms with Crippen LogP contribution >= 0.6 is 11.6 Å². The summed E-state index contributed by atoms with van der Waals surface area (Å²) in [6, 6.07) is 10.2. The van der Waals surface area contributed by atoms with Gasteiger partial charge in [0, 0.05) is 10.6 Å². The minimum absolute atomic E-state index is 0.129. The maximum Gasteiger partial charge on any atom is 0.152 e. The maximum absolute atomic E-state index is 13.6. The zero-order chi connectivity index (χ0) is 13.1. The molecule has 0 unspecified atom stereocenters. The van der Waals surface area contributed by atoms with Gasteiger partial charge in [-0.15, -0.1) is 0 Å². The Labute approximate surface area is 110 Å². The number of nitrogens with two attached hydrogens (primary N) is 1. The summed E-state index contributed by atoms with van der Waals surface area (Å²) in [5.74, 6) is 0.255. The smallest absolute Gasteiger partial charge is 0.152 e. The molecular formula is C14H13ClFNO. The molecule has 0 heterocycles. The topological polar surface area (TPSA) is 35.2 Å². The molecule has 0 spiro atoms. The van der Waals surface area contributed by atoms with Crippen LogP contribution in [0.1, 0.15) is 11.1 Å². The molecule has 0 atom stereocenters. The molecule has 0 saturated heterocycles. The van der Waals surface area contributed by atoms with Crippen molar-refractivity contribution in [2.24, 2.45) is 0 Å². The summed E-state index contributed by atoms with van der Waals surface area (Å²) < 4.78 is 19.2. The summed E-state index contributed by atoms with van der Waals surface area (Å²) in [7, 11) is 0. The number of anilines is 1. The third kappa shape index (κ3) is 2.74. The molecule has 0 saturated carbocycles. The molecule has 0 radical (unpaired) electrons. The van der Waals surface area contributed by atoms with Crippen LogP contribution in [0.5, 0.6) is 5.75 Å². The Morgan fingerprint density at radius 2 is 2.06 bits per heavy atom. The average Bonchev–Trinajstić information content (AvgIpc) is 2.33. The zero-order valence-corrected chi connectivity index (χ0v) is 10.7. The highest BCUT2D eigenvalue weighted by molar-refractivity contribution is 6.30. The molecule has 4 heteroatoms. The maximum atomic E-state index is 13.6. The van der Waals surface area contributed by atoms with Crippen LogP contribution in [0.25, 0.3) is 0 Å². The molecule has 0 aliphatic rings. The fourth-order valence-corrected chi connectivity index (χ4v) is 1.87. The van der Waals surface area contributed by atoms with Crippen molar-refractivity contribution in [1.82, 2.24) is 0 Å². The monoisotopic (exact) mass is 265 g/mol. The van der Waals surface area contributed by atoms with Gasteiger partial charge < -0.3 is 10.5 Å². The van der Waals surface area contributed by atoms with E-state index in [1.165, 1.54) is 6.07 Å². The first kappa shape index (κ1) is 12.7. The van der Waals surface area contributed by atoms with Crippen LogP contribution in [-0.2, 0) is 6.61 Å². The Kier molecular flexibility index (Phi) is 3.72. The Hall–Kier alpha value is -1.74. The van der Waals surface area contributed by atoms with E-state index in [1.54, 1.807) is 30.3 Å². The molecule has 0 aliphatic carbocycles. The standard InChI is InChI=1S/C14H13ClFNO/c1-9-7-11(15)5-6-13(9)18-8-10-3-2-4-12(17)14(10)16/h2-7H,8,17H2,1H3. The second-order valence-corrected chi connectivity index (χ2v) is 4.46. The molecular weight excluding hydrogens is 253 g/mol. The van der Waals surface area contributed by atoms with E-state index in [9.17, 15) is 4.39 Å². The van der Waals surface area contributed by atoms with Gasteiger partial charge >= 0.3 is 0 Å². The SMILES string of the molecule is Cc1cc(Cl)ccc1OCc1cccc(N)c1F. The summed E-state index contributed by atoms with van der Waals surface area (Å²) in [6.45, 7) is 2.02. The number of rotatable bonds is 3. The third-order valence-electron chi connectivity index (χ3n) is 2.63. The lowest BCUT2D eigenvalue weighted by Crippen LogP contribution is -2.02. The van der Waals surface area contributed by atoms with Crippen molar-refractivity contribution in [2.75, 3.05) is 5.73 Å². The van der Waals surface area contributed by atoms with Gasteiger partial charge in [-0.05, 0) is 36.8 Å². The van der Waals surface area contributed by atoms with E-state index in [0.29, 0.717) is 16.3 Å². The Balaban J connectivity index is 2.14. The van der Waals surface area contributed by atoms with Gasteiger partial charge in [-0.2, -0.15) is 0 Å². The van der Waals surface area contributed by atoms with Gasteiger partial charge in [0.1, 0.15) is 12.4 Å². The number of benzene rings is 2. The van der Waals surface area contributed by atoms with Crippen LogP contribution < -0.4 is 10.5 Å². The van der Waals surface area contributed by atoms with Gasteiger partial charge in [-0.3, -0.25) is 0 Å². The molecule has 2 aromatic carbocycles. The largest absolute Gasteiger partial charge is 0.489 e. The fourth-order valence-electron chi connectivity index (χ4n) is 1.64. The van der Waals surface area contributed by atoms with Crippen LogP contribution in [0.15, 0.2) is 36.4 Å². The second-order valence-electron chi connectivity index (χ2n) is 4.02. The molecule has 2 aromatic rings. The van der Waals surface area contributed by atoms with Crippen LogP contribution in [0.4, 0.5) is 10.1 Å². The molecule has 18 heavy (non-hydrogen) atoms. The number of halogens is 2. The number of ether oxygens (including phenoxy) is 1. The van der Waals surface area contributed by atoms with Gasteiger partial charge in [0.2, 0.25) is 0 Å². The van der Waals surface area contributed by atoms with E-state index in [2.05, 4.69) is 0 Å². The van der Waals surface area contributed by atoms with Crippen LogP contribution in [-0.4, -0.2) is 0 Å². The van der Waals surface area contributed by atoms with E-state index in [4.69, 9.17) is 22.1 Å². The average molecular weight is 266 g/mol. The molecule has 0 fully saturated rings. The molecule has 0 aliphatic heterocycles. The van der Waals surface area contributed by atoms with E-state index in [-0.39, 0.29) is 12.3 Å². The molecule has 2 rings (SSSR count). The fraction of sp³-hybridized carbons (Fsp3) is 0.143. The minimum atomic E-state index is -0.427. The highest BCUT2D eigenvalue weighted by Gasteiger charge is 2.07. The van der Waals surface area contributed by atoms with Crippen molar-refractivity contribution in [3.63, 3.8) is 0 Å². The van der Waals surface area contributed by atoms with E-state index in [1.807, 2.05) is 6.92 Å². The van der Waals surface area contributed by atoms with Crippen molar-refractivity contribution >= 4 is 17.3 Å². The Bertz CT molecular complexity index is 572. The molecule has 0 aromatic heterocycles. The zero-order valence-electron chi connectivity index (χ0n) is 9.91. The van der Waals surface area contributed by atoms with Gasteiger partial charge in [0.05, 0.1) is 5.69 Å². The lowest BCUT2D eigenvalue weighted by molar-refractivity contribution is 0.298. The first-order chi connectivity index (χ1) is 8.58. The Morgan fingerprint density at radius 3 is 2.78 bits per heavy atom. The van der Waals surface area contributed by atoms with Crippen LogP contribution in [0, 0.1) is 12.7 Å². The normalized spacial score (nSPS) is 10.4. The molecule has 0 amide bonds. The quantitative estimate of drug-likeness (QED) is 0.853. The summed E-state index contributed by atoms with van der Waals surface area (Å²) in [5, 5.41) is 0.648. The third-order valence-corrected chi connectivity index (χ3v) is 2.86. The number of hydrogen-bond donors (Lipinski definition) is 1. The number of aryl methyl sites for hydroxylation is 1. The lowest BCUT2D eigenvalue weighted by atomic mass is 10.2. The van der Waals surface area contributed by atoms with Gasteiger partial charge in [-0.25, -0.2) is 4.39 Å². The molecule has 0 bridgehead atoms. The van der Waals surface area contributed by atoms with Crippen molar-refractivity contribution in [3.05, 3.63) is 58.4 Å². The molecule has 2 nitrogen and oxygen atoms in total. The highest BCUT2D eigenvalue weighted by Crippen LogP contribution is 2.23. The first-order valence-corrected chi connectivity index (χ1v) is 5.87. The number of nitrogen functional groups attached to an aromatic ring is 1. The highest BCUT2D eigenvalue weighted by atomic mass is 35.5. The first-order valence-electron chi connectivity index (χ1n) is 5.50. The Morgan fingerprint density at radius 1 is 1.28 bits per heavy atom. The summed E-state index contributed by atoms with van der Waals surface area (Å²) in [4.78, 5) is 0. The molecule has 2 N–H and O–H groups in total. The van der Waals surface area contributed by atoms with Crippen LogP contribution in [0.3, 0.4) is 0 Å². The van der Waals surface area contributed by atoms with Crippen molar-refractivity contribution in [1.29, 1.82) is 0 Å². The molecule has 94 valence electrons. The predicted octanol–water partition coefficient (Wildman–Crippen LogP) is 3.95. The van der Waals surface area contributed by atoms with Crippen LogP contribution in [0.2, 0.25) is 5.02 Å². The van der Waals surface area contributed by atoms with Crippen molar-refractivity contribution in [3.8, 4) is 5.75 Å². The predicted molar refractivity (Wildman–Crippen MR) is 71.3 cm³/mol. The van der Waals surface area contributed by atoms with Crippen molar-refractivity contribution in [2.45, 2.75) is 13.5 Å². The summed E-state index contributed by atoms with van der Waals surface area (Å²) >= 11 is 5.85. The van der Waals surface area contributed by atoms with Gasteiger partial charge in [0.15, 0.2) is 5.82 Å². The summed E-state index contributed by atoms with van der Waals surface area (Å²) in [6.07, 6.45) is 0. The van der Waals surface area contributed by atoms with E-state index >= 15 is 0 Å². The van der Waals surface area contributed by atoms with Crippen molar-refractivity contribution < 1.29 is 9.13 Å². The number of hydrogen-bond acceptors (Lipinski definition) is 2. The van der Waals surface area contributed by atoms with Gasteiger partial charge in [0.25, 0.3) is 0 Å². The van der Waals surface area contributed by atoms with E-state index < -0.39 is 5.82 Å². The second kappa shape index (κ2) is 5.27. The summed E-state index contributed by atoms with van der Waals surface area (Å²) in [5.41, 5.74) is 6.96. The lowest BCUT2D eigenvalue weighted by Gasteiger charge is -2.10. The van der Waals surface area contributed by atoms with Gasteiger partial charge in [-0.1, -0.05) is 23.7 Å². The minimum Gasteiger partial charge on any atom is -0.489 e. The van der Waals surface area contributed by atoms with E-state index in [0.717, 1.165) is 5.56 Å².